The van der Waals surface area contributed by atoms with Gasteiger partial charge in [-0.05, 0) is 18.2 Å². The zero-order valence-electron chi connectivity index (χ0n) is 7.83. The van der Waals surface area contributed by atoms with Crippen molar-refractivity contribution in [3.63, 3.8) is 0 Å². The van der Waals surface area contributed by atoms with Crippen LogP contribution >= 0.6 is 22.9 Å². The molecule has 2 aromatic heterocycles. The van der Waals surface area contributed by atoms with Gasteiger partial charge in [0.1, 0.15) is 12.1 Å². The summed E-state index contributed by atoms with van der Waals surface area (Å²) in [6.07, 6.45) is 1.51. The topological polar surface area (TPSA) is 63.3 Å². The third-order valence-electron chi connectivity index (χ3n) is 2.08. The minimum atomic E-state index is 0.148. The van der Waals surface area contributed by atoms with E-state index in [9.17, 15) is 5.11 Å². The number of benzene rings is 1. The molecule has 0 bridgehead atoms. The van der Waals surface area contributed by atoms with E-state index >= 15 is 0 Å². The molecule has 2 heterocycles. The number of fused-ring (bicyclic) bond motifs is 1. The van der Waals surface area contributed by atoms with E-state index in [0.717, 1.165) is 0 Å². The molecule has 1 aromatic carbocycles. The number of phenols is 1. The smallest absolute Gasteiger partial charge is 0.234 e. The highest BCUT2D eigenvalue weighted by Crippen LogP contribution is 2.33. The van der Waals surface area contributed by atoms with Crippen molar-refractivity contribution in [1.82, 2.24) is 19.8 Å². The zero-order valence-corrected chi connectivity index (χ0v) is 9.40. The fourth-order valence-electron chi connectivity index (χ4n) is 1.35. The maximum atomic E-state index is 9.71. The molecule has 0 radical (unpaired) electrons. The Labute approximate surface area is 98.9 Å². The van der Waals surface area contributed by atoms with Crippen LogP contribution in [0.4, 0.5) is 0 Å². The van der Waals surface area contributed by atoms with Crippen LogP contribution in [0.15, 0.2) is 24.5 Å². The summed E-state index contributed by atoms with van der Waals surface area (Å²) in [5.41, 5.74) is 0.600. The van der Waals surface area contributed by atoms with Crippen LogP contribution < -0.4 is 0 Å². The number of rotatable bonds is 1. The summed E-state index contributed by atoms with van der Waals surface area (Å²) in [7, 11) is 0. The van der Waals surface area contributed by atoms with Gasteiger partial charge in [0.15, 0.2) is 5.01 Å². The number of phenolic OH excluding ortho intramolecular Hbond substituents is 1. The van der Waals surface area contributed by atoms with E-state index in [1.165, 1.54) is 17.7 Å². The molecule has 0 saturated carbocycles. The lowest BCUT2D eigenvalue weighted by Gasteiger charge is -1.99. The normalized spacial score (nSPS) is 11.1. The van der Waals surface area contributed by atoms with Gasteiger partial charge in [0.25, 0.3) is 0 Å². The number of halogens is 1. The number of aromatic nitrogens is 4. The molecule has 0 saturated heterocycles. The van der Waals surface area contributed by atoms with Crippen LogP contribution in [0, 0.1) is 0 Å². The number of nitrogens with zero attached hydrogens (tertiary/aromatic N) is 4. The molecule has 0 fully saturated rings. The summed E-state index contributed by atoms with van der Waals surface area (Å²) in [5.74, 6) is 0.148. The zero-order chi connectivity index (χ0) is 11.1. The number of hydrogen-bond donors (Lipinski definition) is 1. The van der Waals surface area contributed by atoms with E-state index in [2.05, 4.69) is 15.3 Å². The molecule has 3 aromatic rings. The van der Waals surface area contributed by atoms with Gasteiger partial charge < -0.3 is 5.11 Å². The minimum absolute atomic E-state index is 0.148. The molecule has 0 atom stereocenters. The molecule has 0 unspecified atom stereocenters. The monoisotopic (exact) mass is 252 g/mol. The van der Waals surface area contributed by atoms with Crippen molar-refractivity contribution in [2.75, 3.05) is 0 Å². The van der Waals surface area contributed by atoms with Crippen molar-refractivity contribution in [3.8, 4) is 16.3 Å². The fraction of sp³-hybridized carbons (Fsp3) is 0. The van der Waals surface area contributed by atoms with Gasteiger partial charge in [-0.3, -0.25) is 0 Å². The summed E-state index contributed by atoms with van der Waals surface area (Å²) in [6, 6.07) is 4.84. The van der Waals surface area contributed by atoms with E-state index in [1.54, 1.807) is 22.7 Å². The average molecular weight is 253 g/mol. The molecule has 5 nitrogen and oxygen atoms in total. The molecule has 0 amide bonds. The van der Waals surface area contributed by atoms with E-state index in [-0.39, 0.29) is 5.75 Å². The van der Waals surface area contributed by atoms with Crippen molar-refractivity contribution >= 4 is 27.9 Å². The Hall–Kier alpha value is -1.66. The van der Waals surface area contributed by atoms with Gasteiger partial charge >= 0.3 is 0 Å². The van der Waals surface area contributed by atoms with Crippen molar-refractivity contribution < 1.29 is 5.11 Å². The molecule has 0 aliphatic heterocycles. The quantitative estimate of drug-likeness (QED) is 0.721. The van der Waals surface area contributed by atoms with Gasteiger partial charge in [-0.1, -0.05) is 22.9 Å². The van der Waals surface area contributed by atoms with Gasteiger partial charge in [0, 0.05) is 5.02 Å². The van der Waals surface area contributed by atoms with E-state index in [0.29, 0.717) is 20.6 Å². The summed E-state index contributed by atoms with van der Waals surface area (Å²) in [5, 5.41) is 22.7. The molecular weight excluding hydrogens is 248 g/mol. The Morgan fingerprint density at radius 3 is 3.06 bits per heavy atom. The minimum Gasteiger partial charge on any atom is -0.507 e. The first-order chi connectivity index (χ1) is 7.74. The Kier molecular flexibility index (Phi) is 2.05. The van der Waals surface area contributed by atoms with Crippen LogP contribution in [0.25, 0.3) is 15.5 Å². The van der Waals surface area contributed by atoms with Crippen LogP contribution in [0.5, 0.6) is 5.75 Å². The average Bonchev–Trinajstić information content (AvgIpc) is 2.81. The second-order valence-corrected chi connectivity index (χ2v) is 4.52. The number of aromatic hydroxyl groups is 1. The highest BCUT2D eigenvalue weighted by molar-refractivity contribution is 7.19. The first-order valence-corrected chi connectivity index (χ1v) is 5.59. The third-order valence-corrected chi connectivity index (χ3v) is 3.26. The fourth-order valence-corrected chi connectivity index (χ4v) is 2.36. The summed E-state index contributed by atoms with van der Waals surface area (Å²) >= 11 is 7.21. The van der Waals surface area contributed by atoms with Gasteiger partial charge in [0.05, 0.1) is 5.56 Å². The Bertz CT molecular complexity index is 634. The van der Waals surface area contributed by atoms with Gasteiger partial charge in [-0.2, -0.15) is 9.61 Å². The maximum Gasteiger partial charge on any atom is 0.234 e. The van der Waals surface area contributed by atoms with Crippen molar-refractivity contribution in [2.45, 2.75) is 0 Å². The lowest BCUT2D eigenvalue weighted by atomic mass is 10.2. The van der Waals surface area contributed by atoms with E-state index in [1.807, 2.05) is 0 Å². The maximum absolute atomic E-state index is 9.71. The molecular formula is C9H5ClN4OS. The van der Waals surface area contributed by atoms with Crippen molar-refractivity contribution in [2.24, 2.45) is 0 Å². The predicted octanol–water partition coefficient (Wildman–Crippen LogP) is 2.21. The molecule has 0 spiro atoms. The predicted molar refractivity (Wildman–Crippen MR) is 60.8 cm³/mol. The van der Waals surface area contributed by atoms with Gasteiger partial charge in [-0.25, -0.2) is 0 Å². The first-order valence-electron chi connectivity index (χ1n) is 4.40. The van der Waals surface area contributed by atoms with E-state index < -0.39 is 0 Å². The second-order valence-electron chi connectivity index (χ2n) is 3.13. The first kappa shape index (κ1) is 9.56. The molecule has 1 N–H and O–H groups in total. The molecule has 3 rings (SSSR count). The standard InChI is InChI=1S/C9H5ClN4OS/c10-5-1-2-7(15)6(3-5)8-13-14-4-11-12-9(14)16-8/h1-4,15H. The lowest BCUT2D eigenvalue weighted by Crippen LogP contribution is -1.83. The second kappa shape index (κ2) is 3.43. The summed E-state index contributed by atoms with van der Waals surface area (Å²) < 4.78 is 1.56. The van der Waals surface area contributed by atoms with Crippen LogP contribution in [0.2, 0.25) is 5.02 Å². The van der Waals surface area contributed by atoms with Crippen LogP contribution in [-0.4, -0.2) is 24.9 Å². The van der Waals surface area contributed by atoms with Crippen LogP contribution in [0.3, 0.4) is 0 Å². The van der Waals surface area contributed by atoms with Crippen LogP contribution in [0.1, 0.15) is 0 Å². The Balaban J connectivity index is 2.22. The summed E-state index contributed by atoms with van der Waals surface area (Å²) in [4.78, 5) is 0.675. The largest absolute Gasteiger partial charge is 0.507 e. The van der Waals surface area contributed by atoms with Gasteiger partial charge in [0.2, 0.25) is 4.96 Å². The highest BCUT2D eigenvalue weighted by Gasteiger charge is 2.11. The molecule has 16 heavy (non-hydrogen) atoms. The SMILES string of the molecule is Oc1ccc(Cl)cc1-c1nn2cnnc2s1. The van der Waals surface area contributed by atoms with E-state index in [4.69, 9.17) is 11.6 Å². The Morgan fingerprint density at radius 2 is 2.25 bits per heavy atom. The Morgan fingerprint density at radius 1 is 1.38 bits per heavy atom. The van der Waals surface area contributed by atoms with Crippen LogP contribution in [-0.2, 0) is 0 Å². The van der Waals surface area contributed by atoms with Gasteiger partial charge in [-0.15, -0.1) is 10.2 Å². The van der Waals surface area contributed by atoms with Crippen molar-refractivity contribution in [1.29, 1.82) is 0 Å². The molecule has 80 valence electrons. The summed E-state index contributed by atoms with van der Waals surface area (Å²) in [6.45, 7) is 0. The number of hydrogen-bond acceptors (Lipinski definition) is 5. The third kappa shape index (κ3) is 1.43. The molecule has 7 heteroatoms. The van der Waals surface area contributed by atoms with Crippen molar-refractivity contribution in [3.05, 3.63) is 29.5 Å². The molecule has 0 aliphatic rings. The highest BCUT2D eigenvalue weighted by atomic mass is 35.5. The molecule has 0 aliphatic carbocycles. The lowest BCUT2D eigenvalue weighted by molar-refractivity contribution is 0.477.